The van der Waals surface area contributed by atoms with Crippen LogP contribution in [0.5, 0.6) is 0 Å². The van der Waals surface area contributed by atoms with Gasteiger partial charge in [-0.3, -0.25) is 0 Å². The lowest BCUT2D eigenvalue weighted by Gasteiger charge is -2.35. The first-order chi connectivity index (χ1) is 40.2. The van der Waals surface area contributed by atoms with Crippen molar-refractivity contribution in [2.24, 2.45) is 0 Å². The van der Waals surface area contributed by atoms with Crippen molar-refractivity contribution in [1.29, 1.82) is 0 Å². The van der Waals surface area contributed by atoms with E-state index in [1.54, 1.807) is 0 Å². The summed E-state index contributed by atoms with van der Waals surface area (Å²) in [5.74, 6) is 2.07. The number of aromatic nitrogens is 4. The van der Waals surface area contributed by atoms with Gasteiger partial charge in [-0.2, -0.15) is 0 Å². The van der Waals surface area contributed by atoms with Crippen LogP contribution in [0, 0.1) is 0 Å². The highest BCUT2D eigenvalue weighted by Crippen LogP contribution is 2.56. The summed E-state index contributed by atoms with van der Waals surface area (Å²) in [5, 5.41) is 4.54. The average Bonchev–Trinajstić information content (AvgIpc) is 4.05. The second-order valence-electron chi connectivity index (χ2n) is 21.4. The average molecular weight is 1040 g/mol. The summed E-state index contributed by atoms with van der Waals surface area (Å²) in [6.45, 7) is 0. The third kappa shape index (κ3) is 7.90. The highest BCUT2D eigenvalue weighted by atomic mass is 16.3. The minimum Gasteiger partial charge on any atom is -0.456 e. The Morgan fingerprint density at radius 2 is 0.963 bits per heavy atom. The lowest BCUT2D eigenvalue weighted by atomic mass is 9.79. The first kappa shape index (κ1) is 46.6. The van der Waals surface area contributed by atoms with Crippen LogP contribution < -0.4 is 4.90 Å². The normalized spacial score (nSPS) is 14.9. The monoisotopic (exact) mass is 1040 g/mol. The Morgan fingerprint density at radius 3 is 1.75 bits per heavy atom. The van der Waals surface area contributed by atoms with Gasteiger partial charge >= 0.3 is 0 Å². The minimum absolute atomic E-state index is 0.0187. The molecule has 2 unspecified atom stereocenters. The van der Waals surface area contributed by atoms with Crippen LogP contribution in [0.3, 0.4) is 0 Å². The molecule has 2 atom stereocenters. The number of allylic oxidation sites excluding steroid dienone is 1. The third-order valence-electron chi connectivity index (χ3n) is 16.8. The number of hydrogen-bond acceptors (Lipinski definition) is 5. The van der Waals surface area contributed by atoms with Gasteiger partial charge in [0.25, 0.3) is 0 Å². The summed E-state index contributed by atoms with van der Waals surface area (Å²) in [6, 6.07) is 95.6. The molecular weight excluding hydrogens is 987 g/mol. The first-order valence-electron chi connectivity index (χ1n) is 28.0. The lowest BCUT2D eigenvalue weighted by Crippen LogP contribution is -2.31. The minimum atomic E-state index is -0.0187. The number of nitrogens with zero attached hydrogens (tertiary/aromatic N) is 5. The molecule has 0 radical (unpaired) electrons. The molecule has 2 aliphatic rings. The Balaban J connectivity index is 0.945. The van der Waals surface area contributed by atoms with Crippen molar-refractivity contribution in [2.45, 2.75) is 24.8 Å². The van der Waals surface area contributed by atoms with Gasteiger partial charge < -0.3 is 13.9 Å². The molecule has 4 heterocycles. The molecule has 6 heteroatoms. The summed E-state index contributed by atoms with van der Waals surface area (Å²) in [4.78, 5) is 19.1. The van der Waals surface area contributed by atoms with E-state index in [0.29, 0.717) is 23.4 Å². The highest BCUT2D eigenvalue weighted by molar-refractivity contribution is 6.17. The van der Waals surface area contributed by atoms with E-state index in [4.69, 9.17) is 19.4 Å². The molecule has 14 aromatic rings. The summed E-state index contributed by atoms with van der Waals surface area (Å²) in [6.07, 6.45) is 4.40. The number of fused-ring (bicyclic) bond motifs is 9. The van der Waals surface area contributed by atoms with Crippen molar-refractivity contribution in [2.75, 3.05) is 4.90 Å². The predicted octanol–water partition coefficient (Wildman–Crippen LogP) is 19.4. The molecule has 0 amide bonds. The number of para-hydroxylation sites is 3. The second-order valence-corrected chi connectivity index (χ2v) is 21.4. The number of furan rings is 1. The Morgan fingerprint density at radius 1 is 0.383 bits per heavy atom. The van der Waals surface area contributed by atoms with E-state index in [0.717, 1.165) is 90.8 Å². The van der Waals surface area contributed by atoms with Crippen molar-refractivity contribution in [3.05, 3.63) is 284 Å². The molecule has 0 spiro atoms. The molecule has 81 heavy (non-hydrogen) atoms. The van der Waals surface area contributed by atoms with E-state index in [2.05, 4.69) is 264 Å². The zero-order valence-electron chi connectivity index (χ0n) is 44.2. The maximum Gasteiger partial charge on any atom is 0.166 e. The fourth-order valence-electron chi connectivity index (χ4n) is 13.1. The van der Waals surface area contributed by atoms with Gasteiger partial charge in [-0.15, -0.1) is 0 Å². The number of anilines is 2. The molecule has 3 aromatic heterocycles. The molecular formula is C75H51N5O. The van der Waals surface area contributed by atoms with Gasteiger partial charge in [0.15, 0.2) is 17.5 Å². The van der Waals surface area contributed by atoms with Crippen LogP contribution in [-0.2, 0) is 0 Å². The van der Waals surface area contributed by atoms with Crippen molar-refractivity contribution >= 4 is 60.7 Å². The van der Waals surface area contributed by atoms with Gasteiger partial charge in [0.1, 0.15) is 11.2 Å². The van der Waals surface area contributed by atoms with Crippen molar-refractivity contribution in [3.63, 3.8) is 0 Å². The van der Waals surface area contributed by atoms with E-state index in [9.17, 15) is 0 Å². The van der Waals surface area contributed by atoms with E-state index < -0.39 is 0 Å². The van der Waals surface area contributed by atoms with E-state index in [1.807, 2.05) is 18.2 Å². The maximum absolute atomic E-state index is 6.34. The van der Waals surface area contributed by atoms with Gasteiger partial charge in [-0.25, -0.2) is 15.0 Å². The van der Waals surface area contributed by atoms with E-state index >= 15 is 0 Å². The largest absolute Gasteiger partial charge is 0.456 e. The van der Waals surface area contributed by atoms with Gasteiger partial charge in [0, 0.05) is 55.2 Å². The van der Waals surface area contributed by atoms with Crippen molar-refractivity contribution in [1.82, 2.24) is 19.5 Å². The third-order valence-corrected chi connectivity index (χ3v) is 16.8. The summed E-state index contributed by atoms with van der Waals surface area (Å²) < 4.78 is 8.76. The lowest BCUT2D eigenvalue weighted by molar-refractivity contribution is 0.574. The van der Waals surface area contributed by atoms with E-state index in [-0.39, 0.29) is 6.04 Å². The molecule has 0 saturated heterocycles. The topological polar surface area (TPSA) is 60.0 Å². The molecule has 11 aromatic carbocycles. The van der Waals surface area contributed by atoms with Crippen LogP contribution in [0.1, 0.15) is 29.9 Å². The summed E-state index contributed by atoms with van der Waals surface area (Å²) >= 11 is 0. The zero-order chi connectivity index (χ0) is 53.4. The maximum atomic E-state index is 6.34. The van der Waals surface area contributed by atoms with Crippen LogP contribution in [0.25, 0.3) is 123 Å². The van der Waals surface area contributed by atoms with Gasteiger partial charge in [0.05, 0.1) is 22.8 Å². The molecule has 6 nitrogen and oxygen atoms in total. The molecule has 1 aliphatic heterocycles. The van der Waals surface area contributed by atoms with Crippen LogP contribution in [-0.4, -0.2) is 25.6 Å². The van der Waals surface area contributed by atoms with E-state index in [1.165, 1.54) is 49.6 Å². The smallest absolute Gasteiger partial charge is 0.166 e. The SMILES string of the molecule is C1=C2c3c(-c4cccc5c4c4ccccc4n5-c4ccccc4)cccc3N(c3cc(-c4ccccc4)ccc3-c3nc(-c4cccc(-c5ccccc5)c4)nc(-c4ccc5oc6ccccc6c5c4)n3)C2CC(c2ccccc2)C1. The number of hydrogen-bond donors (Lipinski definition) is 0. The number of benzene rings is 11. The standard InChI is InChI=1S/C75H51N5O/c1-5-20-48(21-6-1)51-26-17-27-54(44-51)73-76-74(55-40-43-70-63(45-55)57-30-14-16-37-69(57)81-70)78-75(77-73)62-42-39-53(50-24-9-3-10-25-50)47-68(62)80-66-36-19-33-59(72(66)61-41-38-52(46-67(61)80)49-22-7-2-8-23-49)58-32-18-35-65-71(58)60-31-13-15-34-64(60)79(65)56-28-11-4-12-29-56/h1-37,39-45,47,52,67H,38,46H2. The molecule has 382 valence electrons. The van der Waals surface area contributed by atoms with Crippen molar-refractivity contribution < 1.29 is 4.42 Å². The predicted molar refractivity (Wildman–Crippen MR) is 333 cm³/mol. The summed E-state index contributed by atoms with van der Waals surface area (Å²) in [5.41, 5.74) is 20.9. The Labute approximate surface area is 469 Å². The van der Waals surface area contributed by atoms with Gasteiger partial charge in [0.2, 0.25) is 0 Å². The quantitative estimate of drug-likeness (QED) is 0.144. The van der Waals surface area contributed by atoms with Crippen LogP contribution in [0.15, 0.2) is 277 Å². The fraction of sp³-hybridized carbons (Fsp3) is 0.0533. The Bertz CT molecular complexity index is 4770. The van der Waals surface area contributed by atoms with Crippen LogP contribution in [0.4, 0.5) is 11.4 Å². The van der Waals surface area contributed by atoms with Crippen LogP contribution >= 0.6 is 0 Å². The van der Waals surface area contributed by atoms with Gasteiger partial charge in [-0.1, -0.05) is 200 Å². The molecule has 1 aliphatic carbocycles. The second kappa shape index (κ2) is 19.2. The van der Waals surface area contributed by atoms with Crippen molar-refractivity contribution in [3.8, 4) is 73.2 Å². The zero-order valence-corrected chi connectivity index (χ0v) is 44.2. The molecule has 0 saturated carbocycles. The fourth-order valence-corrected chi connectivity index (χ4v) is 13.1. The summed E-state index contributed by atoms with van der Waals surface area (Å²) in [7, 11) is 0. The molecule has 16 rings (SSSR count). The van der Waals surface area contributed by atoms with Crippen LogP contribution in [0.2, 0.25) is 0 Å². The highest BCUT2D eigenvalue weighted by Gasteiger charge is 2.42. The molecule has 0 bridgehead atoms. The molecule has 0 N–H and O–H groups in total. The molecule has 0 fully saturated rings. The first-order valence-corrected chi connectivity index (χ1v) is 28.0. The Kier molecular flexibility index (Phi) is 11.0. The Hall–Kier alpha value is -10.4. The number of rotatable bonds is 9. The van der Waals surface area contributed by atoms with Gasteiger partial charge in [-0.05, 0) is 136 Å².